The van der Waals surface area contributed by atoms with Gasteiger partial charge >= 0.3 is 0 Å². The minimum Gasteiger partial charge on any atom is -0.310 e. The molecule has 0 spiro atoms. The third-order valence-corrected chi connectivity index (χ3v) is 4.99. The van der Waals surface area contributed by atoms with Crippen LogP contribution in [-0.4, -0.2) is 31.1 Å². The molecule has 0 saturated carbocycles. The summed E-state index contributed by atoms with van der Waals surface area (Å²) in [4.78, 5) is 2.53. The first-order valence-corrected chi connectivity index (χ1v) is 8.00. The normalized spacial score (nSPS) is 24.0. The summed E-state index contributed by atoms with van der Waals surface area (Å²) in [6.07, 6.45) is 4.75. The van der Waals surface area contributed by atoms with Crippen molar-refractivity contribution < 1.29 is 4.39 Å². The van der Waals surface area contributed by atoms with Crippen molar-refractivity contribution >= 4 is 0 Å². The van der Waals surface area contributed by atoms with E-state index in [2.05, 4.69) is 17.1 Å². The Morgan fingerprint density at radius 2 is 2.05 bits per heavy atom. The average Bonchev–Trinajstić information content (AvgIpc) is 2.88. The summed E-state index contributed by atoms with van der Waals surface area (Å²) >= 11 is 0. The highest BCUT2D eigenvalue weighted by Crippen LogP contribution is 2.31. The molecule has 3 heteroatoms. The number of hydrogen-bond acceptors (Lipinski definition) is 2. The van der Waals surface area contributed by atoms with E-state index in [9.17, 15) is 4.39 Å². The molecule has 1 aromatic carbocycles. The van der Waals surface area contributed by atoms with Crippen LogP contribution in [0.5, 0.6) is 0 Å². The molecule has 1 N–H and O–H groups in total. The number of hydrogen-bond donors (Lipinski definition) is 1. The predicted octanol–water partition coefficient (Wildman–Crippen LogP) is 3.13. The Labute approximate surface area is 121 Å². The van der Waals surface area contributed by atoms with Crippen molar-refractivity contribution in [2.75, 3.05) is 26.2 Å². The molecule has 1 heterocycles. The van der Waals surface area contributed by atoms with Gasteiger partial charge in [0.1, 0.15) is 5.82 Å². The molecule has 0 amide bonds. The van der Waals surface area contributed by atoms with Crippen LogP contribution in [0.15, 0.2) is 18.2 Å². The van der Waals surface area contributed by atoms with Crippen molar-refractivity contribution in [1.29, 1.82) is 0 Å². The lowest BCUT2D eigenvalue weighted by atomic mass is 9.96. The van der Waals surface area contributed by atoms with Gasteiger partial charge in [-0.3, -0.25) is 0 Å². The fourth-order valence-corrected chi connectivity index (χ4v) is 3.61. The maximum atomic E-state index is 13.2. The van der Waals surface area contributed by atoms with Crippen LogP contribution in [-0.2, 0) is 6.42 Å². The quantitative estimate of drug-likeness (QED) is 0.909. The highest BCUT2D eigenvalue weighted by Gasteiger charge is 2.24. The van der Waals surface area contributed by atoms with E-state index in [1.165, 1.54) is 43.6 Å². The Morgan fingerprint density at radius 1 is 1.25 bits per heavy atom. The van der Waals surface area contributed by atoms with Gasteiger partial charge in [0, 0.05) is 6.04 Å². The molecule has 1 aliphatic heterocycles. The third-order valence-electron chi connectivity index (χ3n) is 4.99. The lowest BCUT2D eigenvalue weighted by Gasteiger charge is -2.31. The van der Waals surface area contributed by atoms with Crippen LogP contribution in [0.1, 0.15) is 43.4 Å². The van der Waals surface area contributed by atoms with Crippen LogP contribution in [0, 0.1) is 11.7 Å². The average molecular weight is 276 g/mol. The fraction of sp³-hybridized carbons (Fsp3) is 0.647. The molecule has 20 heavy (non-hydrogen) atoms. The van der Waals surface area contributed by atoms with E-state index < -0.39 is 0 Å². The van der Waals surface area contributed by atoms with Gasteiger partial charge in [-0.05, 0) is 81.0 Å². The number of benzene rings is 1. The zero-order valence-corrected chi connectivity index (χ0v) is 12.4. The zero-order chi connectivity index (χ0) is 13.9. The first kappa shape index (κ1) is 14.0. The molecular weight excluding hydrogens is 251 g/mol. The number of piperidine rings is 1. The fourth-order valence-electron chi connectivity index (χ4n) is 3.61. The monoisotopic (exact) mass is 276 g/mol. The summed E-state index contributed by atoms with van der Waals surface area (Å²) in [6.45, 7) is 7.03. The number of rotatable bonds is 4. The first-order valence-electron chi connectivity index (χ1n) is 8.00. The molecule has 1 aromatic rings. The summed E-state index contributed by atoms with van der Waals surface area (Å²) in [5.41, 5.74) is 2.51. The highest BCUT2D eigenvalue weighted by molar-refractivity contribution is 5.34. The topological polar surface area (TPSA) is 15.3 Å². The number of nitrogens with one attached hydrogen (secondary N) is 1. The number of aryl methyl sites for hydroxylation is 1. The Bertz CT molecular complexity index is 452. The van der Waals surface area contributed by atoms with Crippen molar-refractivity contribution in [2.24, 2.45) is 5.92 Å². The largest absolute Gasteiger partial charge is 0.310 e. The molecule has 1 unspecified atom stereocenters. The molecule has 0 aromatic heterocycles. The molecular formula is C17H25FN2. The third kappa shape index (κ3) is 3.04. The molecule has 2 nitrogen and oxygen atoms in total. The second-order valence-corrected chi connectivity index (χ2v) is 6.22. The zero-order valence-electron chi connectivity index (χ0n) is 12.4. The van der Waals surface area contributed by atoms with Crippen LogP contribution >= 0.6 is 0 Å². The minimum absolute atomic E-state index is 0.101. The first-order chi connectivity index (χ1) is 9.76. The van der Waals surface area contributed by atoms with Gasteiger partial charge in [-0.2, -0.15) is 0 Å². The molecule has 0 bridgehead atoms. The van der Waals surface area contributed by atoms with E-state index in [4.69, 9.17) is 0 Å². The summed E-state index contributed by atoms with van der Waals surface area (Å²) in [5.74, 6) is 0.707. The summed E-state index contributed by atoms with van der Waals surface area (Å²) in [7, 11) is 0. The van der Waals surface area contributed by atoms with Gasteiger partial charge in [-0.25, -0.2) is 4.39 Å². The summed E-state index contributed by atoms with van der Waals surface area (Å²) in [5, 5.41) is 3.72. The van der Waals surface area contributed by atoms with Crippen molar-refractivity contribution in [3.63, 3.8) is 0 Å². The van der Waals surface area contributed by atoms with E-state index >= 15 is 0 Å². The lowest BCUT2D eigenvalue weighted by molar-refractivity contribution is 0.187. The van der Waals surface area contributed by atoms with Crippen molar-refractivity contribution in [3.05, 3.63) is 35.1 Å². The van der Waals surface area contributed by atoms with E-state index in [1.54, 1.807) is 12.1 Å². The predicted molar refractivity (Wildman–Crippen MR) is 80.3 cm³/mol. The molecule has 0 radical (unpaired) electrons. The lowest BCUT2D eigenvalue weighted by Crippen LogP contribution is -2.37. The highest BCUT2D eigenvalue weighted by atomic mass is 19.1. The van der Waals surface area contributed by atoms with Gasteiger partial charge in [0.05, 0.1) is 0 Å². The molecule has 1 fully saturated rings. The number of nitrogens with zero attached hydrogens (tertiary/aromatic N) is 1. The minimum atomic E-state index is -0.101. The second-order valence-electron chi connectivity index (χ2n) is 6.22. The van der Waals surface area contributed by atoms with E-state index in [1.807, 2.05) is 6.07 Å². The van der Waals surface area contributed by atoms with Crippen LogP contribution < -0.4 is 5.32 Å². The van der Waals surface area contributed by atoms with Gasteiger partial charge in [-0.1, -0.05) is 13.0 Å². The van der Waals surface area contributed by atoms with Gasteiger partial charge in [-0.15, -0.1) is 0 Å². The Kier molecular flexibility index (Phi) is 4.37. The van der Waals surface area contributed by atoms with Crippen molar-refractivity contribution in [3.8, 4) is 0 Å². The molecule has 1 atom stereocenters. The van der Waals surface area contributed by atoms with E-state index in [0.29, 0.717) is 6.04 Å². The maximum Gasteiger partial charge on any atom is 0.123 e. The standard InChI is InChI=1S/C17H25FN2/c1-2-20-9-7-13(8-10-20)12-19-17-6-3-14-11-15(18)4-5-16(14)17/h4-5,11,13,17,19H,2-3,6-10,12H2,1H3. The van der Waals surface area contributed by atoms with Crippen molar-refractivity contribution in [1.82, 2.24) is 10.2 Å². The summed E-state index contributed by atoms with van der Waals surface area (Å²) in [6, 6.07) is 5.71. The van der Waals surface area contributed by atoms with E-state index in [0.717, 1.165) is 25.3 Å². The van der Waals surface area contributed by atoms with Crippen LogP contribution in [0.3, 0.4) is 0 Å². The molecule has 1 saturated heterocycles. The summed E-state index contributed by atoms with van der Waals surface area (Å²) < 4.78 is 13.2. The SMILES string of the molecule is CCN1CCC(CNC2CCc3cc(F)ccc32)CC1. The van der Waals surface area contributed by atoms with Crippen LogP contribution in [0.2, 0.25) is 0 Å². The Balaban J connectivity index is 1.51. The van der Waals surface area contributed by atoms with Gasteiger partial charge in [0.25, 0.3) is 0 Å². The van der Waals surface area contributed by atoms with Crippen LogP contribution in [0.25, 0.3) is 0 Å². The Hall–Kier alpha value is -0.930. The maximum absolute atomic E-state index is 13.2. The van der Waals surface area contributed by atoms with Gasteiger partial charge in [0.2, 0.25) is 0 Å². The smallest absolute Gasteiger partial charge is 0.123 e. The number of halogens is 1. The molecule has 110 valence electrons. The second kappa shape index (κ2) is 6.23. The molecule has 1 aliphatic carbocycles. The van der Waals surface area contributed by atoms with Gasteiger partial charge in [0.15, 0.2) is 0 Å². The van der Waals surface area contributed by atoms with Crippen molar-refractivity contribution in [2.45, 2.75) is 38.6 Å². The van der Waals surface area contributed by atoms with E-state index in [-0.39, 0.29) is 5.82 Å². The Morgan fingerprint density at radius 3 is 2.80 bits per heavy atom. The molecule has 3 rings (SSSR count). The van der Waals surface area contributed by atoms with Crippen LogP contribution in [0.4, 0.5) is 4.39 Å². The number of likely N-dealkylation sites (tertiary alicyclic amines) is 1. The number of fused-ring (bicyclic) bond motifs is 1. The van der Waals surface area contributed by atoms with Gasteiger partial charge < -0.3 is 10.2 Å². The molecule has 2 aliphatic rings.